The van der Waals surface area contributed by atoms with E-state index in [0.29, 0.717) is 41.5 Å². The molecule has 0 radical (unpaired) electrons. The Morgan fingerprint density at radius 3 is 2.34 bits per heavy atom. The topological polar surface area (TPSA) is 73.5 Å². The number of nitrogens with zero attached hydrogens (tertiary/aromatic N) is 1. The van der Waals surface area contributed by atoms with E-state index in [-0.39, 0.29) is 11.4 Å². The molecule has 0 atom stereocenters. The number of anilines is 3. The average Bonchev–Trinajstić information content (AvgIpc) is 2.73. The van der Waals surface area contributed by atoms with Gasteiger partial charge in [0.05, 0.1) is 11.4 Å². The number of halogens is 4. The molecule has 3 rings (SSSR count). The van der Waals surface area contributed by atoms with Gasteiger partial charge in [0.1, 0.15) is 11.5 Å². The molecular formula is C21H26F3IN4O2S. The van der Waals surface area contributed by atoms with Gasteiger partial charge in [-0.05, 0) is 78.2 Å². The first-order valence-corrected chi connectivity index (χ1v) is 12.8. The maximum Gasteiger partial charge on any atom is 0.301 e. The van der Waals surface area contributed by atoms with Crippen molar-refractivity contribution in [2.45, 2.75) is 32.7 Å². The number of hydrogen-bond acceptors (Lipinski definition) is 4. The molecular weight excluding hydrogens is 556 g/mol. The van der Waals surface area contributed by atoms with Crippen LogP contribution in [0.15, 0.2) is 30.3 Å². The van der Waals surface area contributed by atoms with Gasteiger partial charge in [-0.15, -0.1) is 0 Å². The highest BCUT2D eigenvalue weighted by Gasteiger charge is 2.29. The van der Waals surface area contributed by atoms with Crippen LogP contribution in [0.1, 0.15) is 26.7 Å². The molecule has 0 amide bonds. The highest BCUT2D eigenvalue weighted by molar-refractivity contribution is 14.1. The number of nitrogens with one attached hydrogen (secondary N) is 3. The van der Waals surface area contributed by atoms with Gasteiger partial charge < -0.3 is 10.6 Å². The Kier molecular flexibility index (Phi) is 8.28. The zero-order valence-corrected chi connectivity index (χ0v) is 20.7. The molecule has 1 aliphatic heterocycles. The van der Waals surface area contributed by atoms with E-state index < -0.39 is 33.3 Å². The summed E-state index contributed by atoms with van der Waals surface area (Å²) < 4.78 is 72.8. The summed E-state index contributed by atoms with van der Waals surface area (Å²) in [5, 5.41) is 5.85. The lowest BCUT2D eigenvalue weighted by Gasteiger charge is -2.32. The van der Waals surface area contributed by atoms with Gasteiger partial charge in [-0.25, -0.2) is 13.2 Å². The molecule has 0 aromatic heterocycles. The fraction of sp³-hybridized carbons (Fsp3) is 0.429. The third-order valence-electron chi connectivity index (χ3n) is 5.25. The fourth-order valence-electron chi connectivity index (χ4n) is 3.44. The van der Waals surface area contributed by atoms with Crippen LogP contribution in [0.5, 0.6) is 0 Å². The van der Waals surface area contributed by atoms with Gasteiger partial charge in [0.2, 0.25) is 0 Å². The molecule has 32 heavy (non-hydrogen) atoms. The SMILES string of the molecule is CC(C)NCC1CCN(S(=O)(=O)Nc2ccc(F)c(F)c2Nc2ccc(I)cc2F)CC1. The second kappa shape index (κ2) is 10.6. The quantitative estimate of drug-likeness (QED) is 0.391. The summed E-state index contributed by atoms with van der Waals surface area (Å²) in [6.07, 6.45) is 1.38. The van der Waals surface area contributed by atoms with Crippen LogP contribution in [-0.4, -0.2) is 38.4 Å². The summed E-state index contributed by atoms with van der Waals surface area (Å²) in [5.41, 5.74) is -0.788. The second-order valence-electron chi connectivity index (χ2n) is 8.05. The van der Waals surface area contributed by atoms with E-state index in [2.05, 4.69) is 29.2 Å². The standard InChI is InChI=1S/C21H26F3IN4O2S/c1-13(2)26-12-14-7-9-29(10-8-14)32(30,31)28-19-6-4-16(22)20(24)21(19)27-18-5-3-15(25)11-17(18)23/h3-6,11,13-14,26-28H,7-10,12H2,1-2H3. The van der Waals surface area contributed by atoms with E-state index in [4.69, 9.17) is 0 Å². The van der Waals surface area contributed by atoms with Crippen LogP contribution in [0.4, 0.5) is 30.2 Å². The molecule has 0 bridgehead atoms. The largest absolute Gasteiger partial charge is 0.349 e. The third-order valence-corrected chi connectivity index (χ3v) is 7.45. The minimum atomic E-state index is -4.01. The van der Waals surface area contributed by atoms with Crippen molar-refractivity contribution in [1.29, 1.82) is 0 Å². The van der Waals surface area contributed by atoms with Crippen LogP contribution in [0.25, 0.3) is 0 Å². The molecule has 6 nitrogen and oxygen atoms in total. The third kappa shape index (κ3) is 6.27. The summed E-state index contributed by atoms with van der Waals surface area (Å²) in [6, 6.07) is 6.48. The molecule has 1 heterocycles. The molecule has 1 saturated heterocycles. The zero-order valence-electron chi connectivity index (χ0n) is 17.8. The first-order chi connectivity index (χ1) is 15.1. The second-order valence-corrected chi connectivity index (χ2v) is 11.0. The summed E-state index contributed by atoms with van der Waals surface area (Å²) in [5.74, 6) is -2.79. The minimum Gasteiger partial charge on any atom is -0.349 e. The van der Waals surface area contributed by atoms with Gasteiger partial charge >= 0.3 is 10.2 Å². The van der Waals surface area contributed by atoms with E-state index in [0.717, 1.165) is 18.7 Å². The van der Waals surface area contributed by atoms with Crippen LogP contribution in [0, 0.1) is 26.9 Å². The van der Waals surface area contributed by atoms with Gasteiger partial charge in [-0.1, -0.05) is 13.8 Å². The fourth-order valence-corrected chi connectivity index (χ4v) is 5.16. The lowest BCUT2D eigenvalue weighted by molar-refractivity contribution is 0.265. The van der Waals surface area contributed by atoms with Crippen molar-refractivity contribution >= 4 is 49.9 Å². The number of rotatable bonds is 8. The zero-order chi connectivity index (χ0) is 23.5. The molecule has 2 aromatic carbocycles. The Morgan fingerprint density at radius 2 is 1.72 bits per heavy atom. The summed E-state index contributed by atoms with van der Waals surface area (Å²) in [4.78, 5) is 0. The molecule has 1 aliphatic rings. The van der Waals surface area contributed by atoms with Gasteiger partial charge in [0.25, 0.3) is 0 Å². The number of piperidine rings is 1. The first-order valence-electron chi connectivity index (χ1n) is 10.3. The van der Waals surface area contributed by atoms with Crippen LogP contribution < -0.4 is 15.4 Å². The van der Waals surface area contributed by atoms with Crippen molar-refractivity contribution in [3.05, 3.63) is 51.4 Å². The van der Waals surface area contributed by atoms with Gasteiger partial charge in [-0.3, -0.25) is 4.72 Å². The van der Waals surface area contributed by atoms with Crippen molar-refractivity contribution in [2.75, 3.05) is 29.7 Å². The highest BCUT2D eigenvalue weighted by atomic mass is 127. The molecule has 11 heteroatoms. The minimum absolute atomic E-state index is 0.103. The molecule has 3 N–H and O–H groups in total. The average molecular weight is 582 g/mol. The Morgan fingerprint density at radius 1 is 1.06 bits per heavy atom. The van der Waals surface area contributed by atoms with Gasteiger partial charge in [0.15, 0.2) is 11.6 Å². The Bertz CT molecular complexity index is 1060. The molecule has 0 aliphatic carbocycles. The molecule has 1 fully saturated rings. The molecule has 2 aromatic rings. The number of hydrogen-bond donors (Lipinski definition) is 3. The smallest absolute Gasteiger partial charge is 0.301 e. The van der Waals surface area contributed by atoms with Gasteiger partial charge in [0, 0.05) is 22.7 Å². The lowest BCUT2D eigenvalue weighted by atomic mass is 9.98. The lowest BCUT2D eigenvalue weighted by Crippen LogP contribution is -2.43. The van der Waals surface area contributed by atoms with Crippen molar-refractivity contribution < 1.29 is 21.6 Å². The van der Waals surface area contributed by atoms with E-state index in [1.54, 1.807) is 6.07 Å². The Hall–Kier alpha value is -1.57. The Labute approximate surface area is 200 Å². The van der Waals surface area contributed by atoms with Crippen molar-refractivity contribution in [1.82, 2.24) is 9.62 Å². The van der Waals surface area contributed by atoms with Crippen LogP contribution in [0.2, 0.25) is 0 Å². The monoisotopic (exact) mass is 582 g/mol. The highest BCUT2D eigenvalue weighted by Crippen LogP contribution is 2.33. The van der Waals surface area contributed by atoms with E-state index in [1.807, 2.05) is 22.6 Å². The van der Waals surface area contributed by atoms with Crippen LogP contribution in [0.3, 0.4) is 0 Å². The normalized spacial score (nSPS) is 15.8. The predicted octanol–water partition coefficient (Wildman–Crippen LogP) is 4.82. The van der Waals surface area contributed by atoms with Gasteiger partial charge in [-0.2, -0.15) is 12.7 Å². The summed E-state index contributed by atoms with van der Waals surface area (Å²) in [7, 11) is -4.01. The number of benzene rings is 2. The molecule has 0 saturated carbocycles. The van der Waals surface area contributed by atoms with Crippen LogP contribution in [-0.2, 0) is 10.2 Å². The van der Waals surface area contributed by atoms with E-state index in [9.17, 15) is 21.6 Å². The summed E-state index contributed by atoms with van der Waals surface area (Å²) >= 11 is 1.92. The summed E-state index contributed by atoms with van der Waals surface area (Å²) in [6.45, 7) is 5.56. The molecule has 176 valence electrons. The van der Waals surface area contributed by atoms with E-state index >= 15 is 0 Å². The van der Waals surface area contributed by atoms with Crippen molar-refractivity contribution in [3.8, 4) is 0 Å². The van der Waals surface area contributed by atoms with Crippen molar-refractivity contribution in [3.63, 3.8) is 0 Å². The first kappa shape index (κ1) is 25.1. The van der Waals surface area contributed by atoms with E-state index in [1.165, 1.54) is 16.4 Å². The Balaban J connectivity index is 1.77. The molecule has 0 spiro atoms. The maximum absolute atomic E-state index is 14.6. The predicted molar refractivity (Wildman–Crippen MR) is 129 cm³/mol. The molecule has 0 unspecified atom stereocenters. The maximum atomic E-state index is 14.6. The van der Waals surface area contributed by atoms with Crippen molar-refractivity contribution in [2.24, 2.45) is 5.92 Å². The van der Waals surface area contributed by atoms with Crippen LogP contribution >= 0.6 is 22.6 Å².